The van der Waals surface area contributed by atoms with E-state index >= 15 is 0 Å². The van der Waals surface area contributed by atoms with Gasteiger partial charge in [0, 0.05) is 12.6 Å². The number of hydrogen-bond acceptors (Lipinski definition) is 3. The summed E-state index contributed by atoms with van der Waals surface area (Å²) in [5, 5.41) is 2.39. The second-order valence-corrected chi connectivity index (χ2v) is 3.65. The van der Waals surface area contributed by atoms with E-state index in [1.165, 1.54) is 31.3 Å². The van der Waals surface area contributed by atoms with Gasteiger partial charge in [0.05, 0.1) is 0 Å². The molecule has 3 N–H and O–H groups in total. The van der Waals surface area contributed by atoms with Crippen LogP contribution in [0.4, 0.5) is 13.2 Å². The Morgan fingerprint density at radius 3 is 2.12 bits per heavy atom. The third-order valence-corrected chi connectivity index (χ3v) is 2.61. The number of hydrogen-bond donors (Lipinski definition) is 3. The van der Waals surface area contributed by atoms with Crippen molar-refractivity contribution in [3.05, 3.63) is 35.4 Å². The summed E-state index contributed by atoms with van der Waals surface area (Å²) >= 11 is 0. The first-order valence-corrected chi connectivity index (χ1v) is 4.84. The highest BCUT2D eigenvalue weighted by molar-refractivity contribution is 5.93. The van der Waals surface area contributed by atoms with Crippen LogP contribution in [0.2, 0.25) is 0 Å². The van der Waals surface area contributed by atoms with Crippen molar-refractivity contribution in [2.24, 2.45) is 0 Å². The van der Waals surface area contributed by atoms with Crippen LogP contribution in [0.3, 0.4) is 0 Å². The fraction of sp³-hybridized carbons (Fsp3) is 0.300. The molecule has 0 radical (unpaired) electrons. The standard InChI is InChI=1S/C10H10F3N3O/c1-14-8(17)6-2-4-7(5-3-6)9(15-16-9)10(11,12)13/h2-5,15-16H,1H3,(H,14,17). The maximum Gasteiger partial charge on any atom is 0.426 e. The largest absolute Gasteiger partial charge is 0.426 e. The van der Waals surface area contributed by atoms with Gasteiger partial charge in [-0.1, -0.05) is 12.1 Å². The normalized spacial score (nSPS) is 17.6. The zero-order chi connectivity index (χ0) is 12.7. The number of carbonyl (C=O) groups excluding carboxylic acids is 1. The topological polar surface area (TPSA) is 73.0 Å². The molecule has 17 heavy (non-hydrogen) atoms. The Labute approximate surface area is 95.2 Å². The van der Waals surface area contributed by atoms with Gasteiger partial charge in [-0.25, -0.2) is 10.9 Å². The highest BCUT2D eigenvalue weighted by atomic mass is 19.4. The molecule has 1 aromatic rings. The van der Waals surface area contributed by atoms with Gasteiger partial charge < -0.3 is 5.32 Å². The van der Waals surface area contributed by atoms with Gasteiger partial charge in [0.2, 0.25) is 5.66 Å². The highest BCUT2D eigenvalue weighted by Crippen LogP contribution is 2.41. The van der Waals surface area contributed by atoms with Crippen LogP contribution in [0.25, 0.3) is 0 Å². The van der Waals surface area contributed by atoms with Gasteiger partial charge in [-0.15, -0.1) is 0 Å². The van der Waals surface area contributed by atoms with Crippen molar-refractivity contribution in [1.29, 1.82) is 0 Å². The molecule has 92 valence electrons. The first-order valence-electron chi connectivity index (χ1n) is 4.84. The predicted molar refractivity (Wildman–Crippen MR) is 53.8 cm³/mol. The van der Waals surface area contributed by atoms with E-state index in [-0.39, 0.29) is 11.5 Å². The molecule has 1 aliphatic heterocycles. The van der Waals surface area contributed by atoms with E-state index in [0.717, 1.165) is 0 Å². The lowest BCUT2D eigenvalue weighted by Gasteiger charge is -2.16. The average molecular weight is 245 g/mol. The number of benzene rings is 1. The van der Waals surface area contributed by atoms with Crippen molar-refractivity contribution in [1.82, 2.24) is 16.2 Å². The summed E-state index contributed by atoms with van der Waals surface area (Å²) in [4.78, 5) is 11.2. The number of hydrazine groups is 1. The third-order valence-electron chi connectivity index (χ3n) is 2.61. The Balaban J connectivity index is 2.28. The van der Waals surface area contributed by atoms with Gasteiger partial charge in [-0.05, 0) is 17.7 Å². The number of halogens is 3. The van der Waals surface area contributed by atoms with Gasteiger partial charge in [0.15, 0.2) is 0 Å². The fourth-order valence-electron chi connectivity index (χ4n) is 1.53. The van der Waals surface area contributed by atoms with E-state index in [1.807, 2.05) is 0 Å². The maximum atomic E-state index is 12.7. The minimum absolute atomic E-state index is 0.0256. The van der Waals surface area contributed by atoms with Gasteiger partial charge in [0.1, 0.15) is 0 Å². The summed E-state index contributed by atoms with van der Waals surface area (Å²) in [6.07, 6.45) is -4.43. The first-order chi connectivity index (χ1) is 7.90. The van der Waals surface area contributed by atoms with Crippen molar-refractivity contribution in [3.63, 3.8) is 0 Å². The Kier molecular flexibility index (Phi) is 2.59. The number of alkyl halides is 3. The van der Waals surface area contributed by atoms with Gasteiger partial charge in [0.25, 0.3) is 5.91 Å². The van der Waals surface area contributed by atoms with E-state index < -0.39 is 11.8 Å². The van der Waals surface area contributed by atoms with Crippen LogP contribution in [0.5, 0.6) is 0 Å². The van der Waals surface area contributed by atoms with Crippen molar-refractivity contribution >= 4 is 5.91 Å². The SMILES string of the molecule is CNC(=O)c1ccc(C2(C(F)(F)F)NN2)cc1. The predicted octanol–water partition coefficient (Wildman–Crippen LogP) is 0.869. The van der Waals surface area contributed by atoms with Crippen LogP contribution in [-0.2, 0) is 5.66 Å². The molecule has 0 spiro atoms. The zero-order valence-corrected chi connectivity index (χ0v) is 8.85. The highest BCUT2D eigenvalue weighted by Gasteiger charge is 2.65. The summed E-state index contributed by atoms with van der Waals surface area (Å²) in [6, 6.07) is 5.24. The molecule has 1 aliphatic rings. The van der Waals surface area contributed by atoms with E-state index in [1.54, 1.807) is 0 Å². The molecular formula is C10H10F3N3O. The van der Waals surface area contributed by atoms with Crippen LogP contribution in [0.1, 0.15) is 15.9 Å². The molecule has 1 amide bonds. The van der Waals surface area contributed by atoms with Gasteiger partial charge in [-0.3, -0.25) is 4.79 Å². The van der Waals surface area contributed by atoms with Crippen molar-refractivity contribution in [2.75, 3.05) is 7.05 Å². The number of nitrogens with one attached hydrogen (secondary N) is 3. The molecule has 1 aromatic carbocycles. The second-order valence-electron chi connectivity index (χ2n) is 3.65. The molecule has 0 aromatic heterocycles. The lowest BCUT2D eigenvalue weighted by atomic mass is 10.0. The molecule has 0 unspecified atom stereocenters. The maximum absolute atomic E-state index is 12.7. The summed E-state index contributed by atoms with van der Waals surface area (Å²) in [7, 11) is 1.46. The molecule has 2 rings (SSSR count). The molecule has 0 atom stereocenters. The molecule has 1 saturated heterocycles. The molecule has 4 nitrogen and oxygen atoms in total. The second kappa shape index (κ2) is 3.71. The fourth-order valence-corrected chi connectivity index (χ4v) is 1.53. The van der Waals surface area contributed by atoms with Crippen molar-refractivity contribution < 1.29 is 18.0 Å². The molecule has 0 bridgehead atoms. The molecule has 0 aliphatic carbocycles. The average Bonchev–Trinajstić information content (AvgIpc) is 3.08. The third kappa shape index (κ3) is 1.87. The Morgan fingerprint density at radius 1 is 1.24 bits per heavy atom. The molecule has 1 heterocycles. The van der Waals surface area contributed by atoms with E-state index in [0.29, 0.717) is 5.56 Å². The Hall–Kier alpha value is -1.60. The lowest BCUT2D eigenvalue weighted by Crippen LogP contribution is -2.34. The Morgan fingerprint density at radius 2 is 1.76 bits per heavy atom. The van der Waals surface area contributed by atoms with Crippen LogP contribution >= 0.6 is 0 Å². The number of amides is 1. The minimum Gasteiger partial charge on any atom is -0.355 e. The Bertz CT molecular complexity index is 437. The lowest BCUT2D eigenvalue weighted by molar-refractivity contribution is -0.165. The summed E-state index contributed by atoms with van der Waals surface area (Å²) in [5.74, 6) is -0.339. The number of carbonyl (C=O) groups is 1. The van der Waals surface area contributed by atoms with Crippen molar-refractivity contribution in [2.45, 2.75) is 11.8 Å². The minimum atomic E-state index is -4.43. The van der Waals surface area contributed by atoms with Crippen molar-refractivity contribution in [3.8, 4) is 0 Å². The molecule has 1 fully saturated rings. The summed E-state index contributed by atoms with van der Waals surface area (Å²) in [5.41, 5.74) is 2.35. The smallest absolute Gasteiger partial charge is 0.355 e. The van der Waals surface area contributed by atoms with Gasteiger partial charge in [-0.2, -0.15) is 13.2 Å². The van der Waals surface area contributed by atoms with Crippen LogP contribution in [0.15, 0.2) is 24.3 Å². The molecule has 0 saturated carbocycles. The van der Waals surface area contributed by atoms with E-state index in [2.05, 4.69) is 16.2 Å². The van der Waals surface area contributed by atoms with E-state index in [4.69, 9.17) is 0 Å². The monoisotopic (exact) mass is 245 g/mol. The first kappa shape index (κ1) is 11.9. The molecular weight excluding hydrogens is 235 g/mol. The zero-order valence-electron chi connectivity index (χ0n) is 8.85. The van der Waals surface area contributed by atoms with Crippen LogP contribution in [-0.4, -0.2) is 19.1 Å². The quantitative estimate of drug-likeness (QED) is 0.677. The number of rotatable bonds is 2. The molecule has 7 heteroatoms. The summed E-state index contributed by atoms with van der Waals surface area (Å²) in [6.45, 7) is 0. The summed E-state index contributed by atoms with van der Waals surface area (Å²) < 4.78 is 38.1. The van der Waals surface area contributed by atoms with Gasteiger partial charge >= 0.3 is 6.18 Å². The van der Waals surface area contributed by atoms with E-state index in [9.17, 15) is 18.0 Å². The van der Waals surface area contributed by atoms with Crippen LogP contribution < -0.4 is 16.2 Å². The van der Waals surface area contributed by atoms with Crippen LogP contribution in [0, 0.1) is 0 Å².